The van der Waals surface area contributed by atoms with Gasteiger partial charge in [-0.2, -0.15) is 26.3 Å². The largest absolute Gasteiger partial charge is 0.466 e. The van der Waals surface area contributed by atoms with Crippen molar-refractivity contribution in [2.75, 3.05) is 20.8 Å². The van der Waals surface area contributed by atoms with Gasteiger partial charge in [-0.3, -0.25) is 0 Å². The monoisotopic (exact) mass is 578 g/mol. The number of carbonyl (C=O) groups is 2. The van der Waals surface area contributed by atoms with Gasteiger partial charge in [0.05, 0.1) is 49.2 Å². The molecule has 0 saturated heterocycles. The highest BCUT2D eigenvalue weighted by Crippen LogP contribution is 2.44. The van der Waals surface area contributed by atoms with Gasteiger partial charge in [0, 0.05) is 11.8 Å². The highest BCUT2D eigenvalue weighted by Gasteiger charge is 2.44. The number of halogens is 6. The summed E-state index contributed by atoms with van der Waals surface area (Å²) in [6.07, 6.45) is -3.19. The summed E-state index contributed by atoms with van der Waals surface area (Å²) in [6.45, 7) is -0.351. The molecule has 0 fully saturated rings. The Hall–Kier alpha value is -4.12. The normalized spacial score (nSPS) is 21.3. The molecule has 2 aromatic carbocycles. The maximum Gasteiger partial charge on any atom is 0.416 e. The number of hydrogen-bond donors (Lipinski definition) is 0. The van der Waals surface area contributed by atoms with Crippen LogP contribution >= 0.6 is 0 Å². The van der Waals surface area contributed by atoms with E-state index in [-0.39, 0.29) is 34.5 Å². The fraction of sp³-hybridized carbons (Fsp3) is 0.267. The van der Waals surface area contributed by atoms with E-state index in [1.807, 2.05) is 0 Å². The van der Waals surface area contributed by atoms with E-state index in [4.69, 9.17) is 14.2 Å². The number of hydrogen-bond acceptors (Lipinski definition) is 5. The summed E-state index contributed by atoms with van der Waals surface area (Å²) in [5.74, 6) is -3.18. The molecule has 5 nitrogen and oxygen atoms in total. The van der Waals surface area contributed by atoms with Crippen molar-refractivity contribution in [1.29, 1.82) is 0 Å². The Morgan fingerprint density at radius 2 is 1.32 bits per heavy atom. The molecule has 0 radical (unpaired) electrons. The quantitative estimate of drug-likeness (QED) is 0.283. The van der Waals surface area contributed by atoms with Crippen LogP contribution < -0.4 is 0 Å². The zero-order chi connectivity index (χ0) is 29.9. The first-order valence-corrected chi connectivity index (χ1v) is 12.3. The predicted octanol–water partition coefficient (Wildman–Crippen LogP) is 6.66. The van der Waals surface area contributed by atoms with Crippen molar-refractivity contribution in [2.24, 2.45) is 11.8 Å². The Morgan fingerprint density at radius 1 is 0.805 bits per heavy atom. The number of ether oxygens (including phenoxy) is 3. The van der Waals surface area contributed by atoms with Crippen LogP contribution in [0, 0.1) is 11.8 Å². The number of esters is 2. The Kier molecular flexibility index (Phi) is 8.58. The summed E-state index contributed by atoms with van der Waals surface area (Å²) in [5, 5.41) is 0. The van der Waals surface area contributed by atoms with Crippen molar-refractivity contribution < 1.29 is 50.1 Å². The van der Waals surface area contributed by atoms with E-state index in [1.54, 1.807) is 0 Å². The van der Waals surface area contributed by atoms with Crippen LogP contribution in [0.15, 0.2) is 83.5 Å². The fourth-order valence-electron chi connectivity index (χ4n) is 4.94. The first-order chi connectivity index (χ1) is 19.4. The van der Waals surface area contributed by atoms with Crippen LogP contribution in [0.1, 0.15) is 22.3 Å². The topological polar surface area (TPSA) is 61.8 Å². The van der Waals surface area contributed by atoms with Crippen LogP contribution in [-0.4, -0.2) is 38.9 Å². The van der Waals surface area contributed by atoms with Crippen LogP contribution in [-0.2, 0) is 36.2 Å². The first-order valence-electron chi connectivity index (χ1n) is 12.3. The standard InChI is InChI=1S/C30H24F6O5/c1-39-27(37)22-16-41-26-20(14-13-18-8-4-6-10-24(18)30(34,35)36)19(15-21(26)25(22)28(38)40-2)12-11-17-7-3-5-9-23(17)29(31,32)33/h3-15,19-20,26H,16H2,1-2H3/b12-11+,14-13+/t19-,20+,26-/m1/s1. The SMILES string of the molecule is COC(=O)C1=C(C(=O)OC)C2=C[C@@H](/C=C/c3ccccc3C(F)(F)F)[C@H](/C=C/c3ccccc3C(F)(F)F)[C@H]2OC1. The van der Waals surface area contributed by atoms with Crippen LogP contribution in [0.4, 0.5) is 26.3 Å². The van der Waals surface area contributed by atoms with Crippen LogP contribution in [0.2, 0.25) is 0 Å². The molecule has 11 heteroatoms. The van der Waals surface area contributed by atoms with Crippen LogP contribution in [0.25, 0.3) is 12.2 Å². The molecule has 216 valence electrons. The zero-order valence-corrected chi connectivity index (χ0v) is 21.8. The maximum absolute atomic E-state index is 13.6. The number of rotatable bonds is 6. The third-order valence-electron chi connectivity index (χ3n) is 6.82. The number of alkyl halides is 6. The molecule has 41 heavy (non-hydrogen) atoms. The van der Waals surface area contributed by atoms with Crippen LogP contribution in [0.5, 0.6) is 0 Å². The molecule has 1 aliphatic carbocycles. The van der Waals surface area contributed by atoms with Crippen LogP contribution in [0.3, 0.4) is 0 Å². The summed E-state index contributed by atoms with van der Waals surface area (Å²) < 4.78 is 97.0. The van der Waals surface area contributed by atoms with E-state index in [1.165, 1.54) is 66.8 Å². The molecule has 0 spiro atoms. The summed E-state index contributed by atoms with van der Waals surface area (Å²) in [6, 6.07) is 9.82. The van der Waals surface area contributed by atoms with Crippen molar-refractivity contribution >= 4 is 24.1 Å². The average molecular weight is 579 g/mol. The van der Waals surface area contributed by atoms with E-state index >= 15 is 0 Å². The summed E-state index contributed by atoms with van der Waals surface area (Å²) in [7, 11) is 2.23. The molecule has 2 aromatic rings. The van der Waals surface area contributed by atoms with E-state index in [9.17, 15) is 35.9 Å². The molecule has 1 aliphatic heterocycles. The van der Waals surface area contributed by atoms with Crippen molar-refractivity contribution in [2.45, 2.75) is 18.5 Å². The second-order valence-corrected chi connectivity index (χ2v) is 9.23. The molecule has 0 bridgehead atoms. The molecule has 0 N–H and O–H groups in total. The molecule has 1 heterocycles. The fourth-order valence-corrected chi connectivity index (χ4v) is 4.94. The highest BCUT2D eigenvalue weighted by molar-refractivity contribution is 6.04. The lowest BCUT2D eigenvalue weighted by molar-refractivity contribution is -0.140. The number of allylic oxidation sites excluding steroid dienone is 2. The molecule has 4 rings (SSSR count). The molecule has 0 aromatic heterocycles. The van der Waals surface area contributed by atoms with Gasteiger partial charge >= 0.3 is 24.3 Å². The zero-order valence-electron chi connectivity index (χ0n) is 21.8. The summed E-state index contributed by atoms with van der Waals surface area (Å²) >= 11 is 0. The van der Waals surface area contributed by atoms with Gasteiger partial charge in [-0.1, -0.05) is 66.8 Å². The lowest BCUT2D eigenvalue weighted by atomic mass is 9.87. The number of benzene rings is 2. The van der Waals surface area contributed by atoms with Gasteiger partial charge in [0.1, 0.15) is 0 Å². The smallest absolute Gasteiger partial charge is 0.416 e. The summed E-state index contributed by atoms with van der Waals surface area (Å²) in [4.78, 5) is 25.1. The second-order valence-electron chi connectivity index (χ2n) is 9.23. The summed E-state index contributed by atoms with van der Waals surface area (Å²) in [5.41, 5.74) is -2.01. The van der Waals surface area contributed by atoms with Gasteiger partial charge in [-0.15, -0.1) is 0 Å². The number of fused-ring (bicyclic) bond motifs is 1. The third-order valence-corrected chi connectivity index (χ3v) is 6.82. The minimum Gasteiger partial charge on any atom is -0.466 e. The van der Waals surface area contributed by atoms with Gasteiger partial charge in [0.2, 0.25) is 0 Å². The van der Waals surface area contributed by atoms with Gasteiger partial charge in [0.15, 0.2) is 0 Å². The maximum atomic E-state index is 13.6. The Morgan fingerprint density at radius 3 is 1.83 bits per heavy atom. The van der Waals surface area contributed by atoms with E-state index in [2.05, 4.69) is 0 Å². The molecule has 3 atom stereocenters. The highest BCUT2D eigenvalue weighted by atomic mass is 19.4. The average Bonchev–Trinajstić information content (AvgIpc) is 3.30. The third kappa shape index (κ3) is 6.30. The number of methoxy groups -OCH3 is 2. The second kappa shape index (κ2) is 11.8. The van der Waals surface area contributed by atoms with Crippen molar-refractivity contribution in [1.82, 2.24) is 0 Å². The minimum absolute atomic E-state index is 0.112. The lowest BCUT2D eigenvalue weighted by Gasteiger charge is -2.29. The lowest BCUT2D eigenvalue weighted by Crippen LogP contribution is -2.34. The molecule has 0 saturated carbocycles. The van der Waals surface area contributed by atoms with E-state index in [0.717, 1.165) is 26.4 Å². The van der Waals surface area contributed by atoms with Gasteiger partial charge in [-0.05, 0) is 28.8 Å². The Labute approximate surface area is 231 Å². The first kappa shape index (κ1) is 29.9. The predicted molar refractivity (Wildman–Crippen MR) is 137 cm³/mol. The van der Waals surface area contributed by atoms with E-state index in [0.29, 0.717) is 0 Å². The molecule has 0 unspecified atom stereocenters. The van der Waals surface area contributed by atoms with Gasteiger partial charge < -0.3 is 14.2 Å². The number of carbonyl (C=O) groups excluding carboxylic acids is 2. The molecule has 2 aliphatic rings. The molecular formula is C30H24F6O5. The van der Waals surface area contributed by atoms with Crippen molar-refractivity contribution in [3.63, 3.8) is 0 Å². The van der Waals surface area contributed by atoms with Crippen molar-refractivity contribution in [3.05, 3.63) is 106 Å². The Bertz CT molecular complexity index is 1450. The van der Waals surface area contributed by atoms with Gasteiger partial charge in [-0.25, -0.2) is 9.59 Å². The Balaban J connectivity index is 1.82. The van der Waals surface area contributed by atoms with Gasteiger partial charge in [0.25, 0.3) is 0 Å². The molecule has 0 amide bonds. The molecular weight excluding hydrogens is 554 g/mol. The van der Waals surface area contributed by atoms with Crippen molar-refractivity contribution in [3.8, 4) is 0 Å². The minimum atomic E-state index is -4.63. The van der Waals surface area contributed by atoms with E-state index < -0.39 is 53.4 Å².